The second kappa shape index (κ2) is 5.69. The third kappa shape index (κ3) is 3.49. The molecule has 0 bridgehead atoms. The van der Waals surface area contributed by atoms with E-state index in [0.29, 0.717) is 11.0 Å². The number of aromatic carboxylic acids is 1. The van der Waals surface area contributed by atoms with E-state index in [1.807, 2.05) is 0 Å². The molecular weight excluding hydrogens is 303 g/mol. The Labute approximate surface area is 122 Å². The van der Waals surface area contributed by atoms with E-state index in [0.717, 1.165) is 17.8 Å². The third-order valence-electron chi connectivity index (χ3n) is 2.67. The van der Waals surface area contributed by atoms with E-state index in [-0.39, 0.29) is 10.6 Å². The first-order valence-electron chi connectivity index (χ1n) is 5.76. The topological polar surface area (TPSA) is 63.3 Å². The Morgan fingerprint density at radius 3 is 2.29 bits per heavy atom. The second-order valence-corrected chi connectivity index (χ2v) is 5.27. The van der Waals surface area contributed by atoms with Gasteiger partial charge in [0.2, 0.25) is 0 Å². The summed E-state index contributed by atoms with van der Waals surface area (Å²) in [6, 6.07) is 10.0. The zero-order chi connectivity index (χ0) is 15.6. The van der Waals surface area contributed by atoms with Crippen molar-refractivity contribution in [2.45, 2.75) is 16.0 Å². The molecule has 0 atom stereocenters. The van der Waals surface area contributed by atoms with Crippen LogP contribution in [0.4, 0.5) is 18.9 Å². The van der Waals surface area contributed by atoms with Gasteiger partial charge in [-0.05, 0) is 24.3 Å². The summed E-state index contributed by atoms with van der Waals surface area (Å²) < 4.78 is 38.5. The number of nitrogens with two attached hydrogens (primary N) is 1. The Bertz CT molecular complexity index is 672. The van der Waals surface area contributed by atoms with Gasteiger partial charge in [-0.3, -0.25) is 0 Å². The van der Waals surface area contributed by atoms with Crippen molar-refractivity contribution < 1.29 is 23.1 Å². The number of carboxylic acids is 1. The highest BCUT2D eigenvalue weighted by atomic mass is 32.2. The number of rotatable bonds is 3. The molecule has 3 nitrogen and oxygen atoms in total. The molecular formula is C14H10F3NO2S. The van der Waals surface area contributed by atoms with Crippen LogP contribution in [0.5, 0.6) is 0 Å². The fraction of sp³-hybridized carbons (Fsp3) is 0.0714. The molecule has 2 aromatic rings. The molecule has 3 N–H and O–H groups in total. The molecule has 0 saturated heterocycles. The fourth-order valence-corrected chi connectivity index (χ4v) is 2.62. The molecule has 2 rings (SSSR count). The Balaban J connectivity index is 2.54. The summed E-state index contributed by atoms with van der Waals surface area (Å²) in [5, 5.41) is 8.99. The summed E-state index contributed by atoms with van der Waals surface area (Å²) >= 11 is 0.988. The van der Waals surface area contributed by atoms with Gasteiger partial charge in [0.15, 0.2) is 0 Å². The summed E-state index contributed by atoms with van der Waals surface area (Å²) in [6.45, 7) is 0. The molecule has 0 aliphatic heterocycles. The minimum atomic E-state index is -4.64. The maximum absolute atomic E-state index is 12.8. The van der Waals surface area contributed by atoms with Crippen molar-refractivity contribution in [2.24, 2.45) is 0 Å². The van der Waals surface area contributed by atoms with Crippen molar-refractivity contribution in [3.63, 3.8) is 0 Å². The molecule has 0 aromatic heterocycles. The summed E-state index contributed by atoms with van der Waals surface area (Å²) in [5.41, 5.74) is 3.91. The first-order chi connectivity index (χ1) is 9.79. The molecule has 0 aliphatic carbocycles. The van der Waals surface area contributed by atoms with Gasteiger partial charge in [-0.2, -0.15) is 13.2 Å². The van der Waals surface area contributed by atoms with Crippen molar-refractivity contribution in [1.82, 2.24) is 0 Å². The summed E-state index contributed by atoms with van der Waals surface area (Å²) in [7, 11) is 0. The largest absolute Gasteiger partial charge is 0.478 e. The lowest BCUT2D eigenvalue weighted by Gasteiger charge is -2.13. The monoisotopic (exact) mass is 313 g/mol. The van der Waals surface area contributed by atoms with Crippen LogP contribution in [0, 0.1) is 0 Å². The summed E-state index contributed by atoms with van der Waals surface area (Å²) in [4.78, 5) is 11.8. The lowest BCUT2D eigenvalue weighted by Crippen LogP contribution is -2.10. The zero-order valence-corrected chi connectivity index (χ0v) is 11.3. The number of anilines is 1. The SMILES string of the molecule is Nc1c(Sc2ccccc2)cc(C(F)(F)F)cc1C(=O)O. The molecule has 0 aliphatic rings. The van der Waals surface area contributed by atoms with Crippen molar-refractivity contribution in [1.29, 1.82) is 0 Å². The standard InChI is InChI=1S/C14H10F3NO2S/c15-14(16,17)8-6-10(13(19)20)12(18)11(7-8)21-9-4-2-1-3-5-9/h1-7H,18H2,(H,19,20). The maximum Gasteiger partial charge on any atom is 0.416 e. The molecule has 2 aromatic carbocycles. The van der Waals surface area contributed by atoms with Gasteiger partial charge in [-0.25, -0.2) is 4.79 Å². The molecule has 7 heteroatoms. The summed E-state index contributed by atoms with van der Waals surface area (Å²) in [6.07, 6.45) is -4.64. The normalized spacial score (nSPS) is 11.4. The molecule has 110 valence electrons. The Morgan fingerprint density at radius 2 is 1.76 bits per heavy atom. The van der Waals surface area contributed by atoms with Gasteiger partial charge in [0, 0.05) is 9.79 Å². The van der Waals surface area contributed by atoms with Crippen LogP contribution in [-0.2, 0) is 6.18 Å². The van der Waals surface area contributed by atoms with E-state index >= 15 is 0 Å². The molecule has 0 fully saturated rings. The molecule has 0 saturated carbocycles. The number of nitrogen functional groups attached to an aromatic ring is 1. The molecule has 0 amide bonds. The maximum atomic E-state index is 12.8. The average Bonchev–Trinajstić information content (AvgIpc) is 2.40. The predicted molar refractivity (Wildman–Crippen MR) is 73.4 cm³/mol. The van der Waals surface area contributed by atoms with Gasteiger partial charge in [0.25, 0.3) is 0 Å². The Hall–Kier alpha value is -2.15. The summed E-state index contributed by atoms with van der Waals surface area (Å²) in [5.74, 6) is -1.49. The molecule has 0 radical (unpaired) electrons. The highest BCUT2D eigenvalue weighted by Crippen LogP contribution is 2.39. The van der Waals surface area contributed by atoms with Gasteiger partial charge in [-0.1, -0.05) is 30.0 Å². The van der Waals surface area contributed by atoms with Crippen LogP contribution in [0.1, 0.15) is 15.9 Å². The van der Waals surface area contributed by atoms with E-state index in [2.05, 4.69) is 0 Å². The van der Waals surface area contributed by atoms with Gasteiger partial charge in [-0.15, -0.1) is 0 Å². The number of carbonyl (C=O) groups is 1. The van der Waals surface area contributed by atoms with Gasteiger partial charge in [0.1, 0.15) is 0 Å². The highest BCUT2D eigenvalue weighted by molar-refractivity contribution is 7.99. The minimum absolute atomic E-state index is 0.0634. The Kier molecular flexibility index (Phi) is 4.13. The highest BCUT2D eigenvalue weighted by Gasteiger charge is 2.33. The van der Waals surface area contributed by atoms with Crippen molar-refractivity contribution in [3.05, 3.63) is 53.6 Å². The number of carboxylic acid groups (broad SMARTS) is 1. The smallest absolute Gasteiger partial charge is 0.416 e. The first-order valence-corrected chi connectivity index (χ1v) is 6.57. The van der Waals surface area contributed by atoms with E-state index < -0.39 is 23.3 Å². The quantitative estimate of drug-likeness (QED) is 0.836. The third-order valence-corrected chi connectivity index (χ3v) is 3.74. The number of benzene rings is 2. The van der Waals surface area contributed by atoms with Crippen LogP contribution < -0.4 is 5.73 Å². The van der Waals surface area contributed by atoms with Crippen LogP contribution in [-0.4, -0.2) is 11.1 Å². The van der Waals surface area contributed by atoms with Crippen molar-refractivity contribution in [2.75, 3.05) is 5.73 Å². The van der Waals surface area contributed by atoms with Crippen LogP contribution in [0.15, 0.2) is 52.3 Å². The molecule has 21 heavy (non-hydrogen) atoms. The van der Waals surface area contributed by atoms with E-state index in [1.165, 1.54) is 0 Å². The van der Waals surface area contributed by atoms with Crippen LogP contribution >= 0.6 is 11.8 Å². The fourth-order valence-electron chi connectivity index (χ4n) is 1.67. The molecule has 0 spiro atoms. The van der Waals surface area contributed by atoms with Crippen LogP contribution in [0.2, 0.25) is 0 Å². The second-order valence-electron chi connectivity index (χ2n) is 4.15. The van der Waals surface area contributed by atoms with Gasteiger partial charge < -0.3 is 10.8 Å². The Morgan fingerprint density at radius 1 is 1.14 bits per heavy atom. The number of hydrogen-bond acceptors (Lipinski definition) is 3. The lowest BCUT2D eigenvalue weighted by atomic mass is 10.1. The number of hydrogen-bond donors (Lipinski definition) is 2. The van der Waals surface area contributed by atoms with Crippen LogP contribution in [0.25, 0.3) is 0 Å². The average molecular weight is 313 g/mol. The molecule has 0 heterocycles. The minimum Gasteiger partial charge on any atom is -0.478 e. The van der Waals surface area contributed by atoms with Crippen LogP contribution in [0.3, 0.4) is 0 Å². The van der Waals surface area contributed by atoms with E-state index in [1.54, 1.807) is 30.3 Å². The van der Waals surface area contributed by atoms with E-state index in [9.17, 15) is 18.0 Å². The van der Waals surface area contributed by atoms with Crippen molar-refractivity contribution >= 4 is 23.4 Å². The van der Waals surface area contributed by atoms with Gasteiger partial charge in [0.05, 0.1) is 16.8 Å². The van der Waals surface area contributed by atoms with Crippen molar-refractivity contribution in [3.8, 4) is 0 Å². The number of alkyl halides is 3. The molecule has 0 unspecified atom stereocenters. The number of halogens is 3. The zero-order valence-electron chi connectivity index (χ0n) is 10.5. The van der Waals surface area contributed by atoms with Gasteiger partial charge >= 0.3 is 12.1 Å². The lowest BCUT2D eigenvalue weighted by molar-refractivity contribution is -0.137. The van der Waals surface area contributed by atoms with E-state index in [4.69, 9.17) is 10.8 Å². The predicted octanol–water partition coefficient (Wildman–Crippen LogP) is 4.14. The first kappa shape index (κ1) is 15.2.